The molecule has 1 nitrogen and oxygen atoms in total. The van der Waals surface area contributed by atoms with Crippen LogP contribution < -0.4 is 5.73 Å². The van der Waals surface area contributed by atoms with E-state index in [1.54, 1.807) is 35.6 Å². The van der Waals surface area contributed by atoms with Crippen molar-refractivity contribution in [1.29, 1.82) is 0 Å². The summed E-state index contributed by atoms with van der Waals surface area (Å²) in [6.07, 6.45) is 4.55. The Kier molecular flexibility index (Phi) is 5.49. The number of aryl methyl sites for hydroxylation is 1. The minimum atomic E-state index is -0.555. The van der Waals surface area contributed by atoms with Crippen LogP contribution in [0.4, 0.5) is 14.5 Å². The summed E-state index contributed by atoms with van der Waals surface area (Å²) in [6.45, 7) is 2.17. The zero-order valence-corrected chi connectivity index (χ0v) is 15.0. The number of nitrogens with two attached hydrogens (primary N) is 1. The maximum absolute atomic E-state index is 14.6. The fraction of sp³-hybridized carbons (Fsp3) is 0.238. The molecule has 3 rings (SSSR count). The lowest BCUT2D eigenvalue weighted by molar-refractivity contribution is 0.590. The van der Waals surface area contributed by atoms with Crippen molar-refractivity contribution in [3.63, 3.8) is 0 Å². The summed E-state index contributed by atoms with van der Waals surface area (Å²) in [5.74, 6) is -1.11. The van der Waals surface area contributed by atoms with Crippen LogP contribution in [0.25, 0.3) is 21.6 Å². The van der Waals surface area contributed by atoms with Crippen LogP contribution in [0.3, 0.4) is 0 Å². The van der Waals surface area contributed by atoms with Gasteiger partial charge in [-0.05, 0) is 60.4 Å². The van der Waals surface area contributed by atoms with Crippen LogP contribution in [0, 0.1) is 11.6 Å². The van der Waals surface area contributed by atoms with Crippen molar-refractivity contribution in [1.82, 2.24) is 0 Å². The van der Waals surface area contributed by atoms with E-state index in [9.17, 15) is 8.78 Å². The van der Waals surface area contributed by atoms with Gasteiger partial charge in [-0.1, -0.05) is 31.9 Å². The summed E-state index contributed by atoms with van der Waals surface area (Å²) in [7, 11) is 0. The molecule has 2 aromatic carbocycles. The Morgan fingerprint density at radius 2 is 1.56 bits per heavy atom. The molecule has 1 heterocycles. The number of benzene rings is 2. The molecule has 0 saturated heterocycles. The first-order chi connectivity index (χ1) is 12.1. The van der Waals surface area contributed by atoms with Crippen LogP contribution in [0.15, 0.2) is 48.5 Å². The second-order valence-electron chi connectivity index (χ2n) is 6.16. The molecule has 0 aliphatic rings. The standard InChI is InChI=1S/C21H21F2NS/c1-2-3-4-5-17-10-11-20(25-17)15-12-18(22)21(19(23)13-15)14-6-8-16(24)9-7-14/h6-13H,2-5,24H2,1H3. The second kappa shape index (κ2) is 7.79. The molecule has 1 aromatic heterocycles. The highest BCUT2D eigenvalue weighted by molar-refractivity contribution is 7.15. The van der Waals surface area contributed by atoms with Gasteiger partial charge in [0.15, 0.2) is 0 Å². The summed E-state index contributed by atoms with van der Waals surface area (Å²) >= 11 is 1.61. The molecular weight excluding hydrogens is 336 g/mol. The van der Waals surface area contributed by atoms with Crippen molar-refractivity contribution in [2.24, 2.45) is 0 Å². The van der Waals surface area contributed by atoms with E-state index in [4.69, 9.17) is 5.73 Å². The van der Waals surface area contributed by atoms with E-state index in [-0.39, 0.29) is 5.56 Å². The Bertz CT molecular complexity index is 830. The molecule has 0 spiro atoms. The minimum absolute atomic E-state index is 0.0107. The third kappa shape index (κ3) is 4.07. The topological polar surface area (TPSA) is 26.0 Å². The zero-order chi connectivity index (χ0) is 17.8. The Labute approximate surface area is 151 Å². The molecule has 0 atom stereocenters. The molecule has 0 bridgehead atoms. The predicted octanol–water partition coefficient (Wildman–Crippen LogP) is 6.68. The quantitative estimate of drug-likeness (QED) is 0.387. The average molecular weight is 357 g/mol. The number of hydrogen-bond acceptors (Lipinski definition) is 2. The Balaban J connectivity index is 1.88. The lowest BCUT2D eigenvalue weighted by atomic mass is 10.0. The molecule has 130 valence electrons. The van der Waals surface area contributed by atoms with E-state index in [0.717, 1.165) is 17.7 Å². The highest BCUT2D eigenvalue weighted by Gasteiger charge is 2.15. The maximum atomic E-state index is 14.6. The molecule has 0 radical (unpaired) electrons. The number of halogens is 2. The van der Waals surface area contributed by atoms with E-state index >= 15 is 0 Å². The first-order valence-corrected chi connectivity index (χ1v) is 9.34. The van der Waals surface area contributed by atoms with E-state index < -0.39 is 11.6 Å². The van der Waals surface area contributed by atoms with Gasteiger partial charge in [0.1, 0.15) is 11.6 Å². The maximum Gasteiger partial charge on any atom is 0.134 e. The molecule has 4 heteroatoms. The molecule has 0 amide bonds. The molecule has 0 unspecified atom stereocenters. The summed E-state index contributed by atoms with van der Waals surface area (Å²) in [6, 6.07) is 13.4. The van der Waals surface area contributed by atoms with Crippen LogP contribution in [0.1, 0.15) is 31.1 Å². The number of nitrogen functional groups attached to an aromatic ring is 1. The van der Waals surface area contributed by atoms with E-state index in [0.29, 0.717) is 16.8 Å². The number of unbranched alkanes of at least 4 members (excludes halogenated alkanes) is 2. The van der Waals surface area contributed by atoms with Gasteiger partial charge in [0.2, 0.25) is 0 Å². The first kappa shape index (κ1) is 17.6. The summed E-state index contributed by atoms with van der Waals surface area (Å²) in [4.78, 5) is 2.15. The summed E-state index contributed by atoms with van der Waals surface area (Å²) in [5.41, 5.74) is 7.27. The number of thiophene rings is 1. The lowest BCUT2D eigenvalue weighted by Crippen LogP contribution is -1.92. The smallest absolute Gasteiger partial charge is 0.134 e. The van der Waals surface area contributed by atoms with Crippen LogP contribution >= 0.6 is 11.3 Å². The van der Waals surface area contributed by atoms with Gasteiger partial charge in [0, 0.05) is 15.4 Å². The van der Waals surface area contributed by atoms with E-state index in [1.165, 1.54) is 29.9 Å². The molecule has 25 heavy (non-hydrogen) atoms. The van der Waals surface area contributed by atoms with Gasteiger partial charge in [-0.2, -0.15) is 0 Å². The van der Waals surface area contributed by atoms with E-state index in [2.05, 4.69) is 13.0 Å². The molecule has 0 fully saturated rings. The molecule has 0 saturated carbocycles. The fourth-order valence-electron chi connectivity index (χ4n) is 2.86. The van der Waals surface area contributed by atoms with Gasteiger partial charge in [-0.25, -0.2) is 8.78 Å². The number of hydrogen-bond donors (Lipinski definition) is 1. The number of anilines is 1. The SMILES string of the molecule is CCCCCc1ccc(-c2cc(F)c(-c3ccc(N)cc3)c(F)c2)s1. The van der Waals surface area contributed by atoms with E-state index in [1.807, 2.05) is 6.07 Å². The van der Waals surface area contributed by atoms with Gasteiger partial charge in [-0.3, -0.25) is 0 Å². The Morgan fingerprint density at radius 1 is 0.880 bits per heavy atom. The van der Waals surface area contributed by atoms with Gasteiger partial charge in [0.25, 0.3) is 0 Å². The van der Waals surface area contributed by atoms with Gasteiger partial charge < -0.3 is 5.73 Å². The van der Waals surface area contributed by atoms with Crippen molar-refractivity contribution in [3.8, 4) is 21.6 Å². The average Bonchev–Trinajstić information content (AvgIpc) is 3.05. The molecule has 0 aliphatic heterocycles. The third-order valence-electron chi connectivity index (χ3n) is 4.21. The molecule has 2 N–H and O–H groups in total. The second-order valence-corrected chi connectivity index (χ2v) is 7.33. The number of rotatable bonds is 6. The fourth-order valence-corrected chi connectivity index (χ4v) is 3.89. The predicted molar refractivity (Wildman–Crippen MR) is 103 cm³/mol. The normalized spacial score (nSPS) is 11.0. The summed E-state index contributed by atoms with van der Waals surface area (Å²) in [5, 5.41) is 0. The van der Waals surface area contributed by atoms with Crippen LogP contribution in [0.2, 0.25) is 0 Å². The molecular formula is C21H21F2NS. The largest absolute Gasteiger partial charge is 0.399 e. The summed E-state index contributed by atoms with van der Waals surface area (Å²) < 4.78 is 29.1. The van der Waals surface area contributed by atoms with Crippen LogP contribution in [-0.2, 0) is 6.42 Å². The van der Waals surface area contributed by atoms with Crippen LogP contribution in [0.5, 0.6) is 0 Å². The van der Waals surface area contributed by atoms with Gasteiger partial charge >= 0.3 is 0 Å². The third-order valence-corrected chi connectivity index (χ3v) is 5.41. The molecule has 0 aliphatic carbocycles. The van der Waals surface area contributed by atoms with Crippen molar-refractivity contribution < 1.29 is 8.78 Å². The van der Waals surface area contributed by atoms with Gasteiger partial charge in [0.05, 0.1) is 5.56 Å². The monoisotopic (exact) mass is 357 g/mol. The zero-order valence-electron chi connectivity index (χ0n) is 14.2. The highest BCUT2D eigenvalue weighted by atomic mass is 32.1. The Hall–Kier alpha value is -2.20. The minimum Gasteiger partial charge on any atom is -0.399 e. The van der Waals surface area contributed by atoms with Crippen molar-refractivity contribution in [3.05, 3.63) is 65.0 Å². The van der Waals surface area contributed by atoms with Crippen molar-refractivity contribution in [2.45, 2.75) is 32.6 Å². The van der Waals surface area contributed by atoms with Crippen molar-refractivity contribution >= 4 is 17.0 Å². The highest BCUT2D eigenvalue weighted by Crippen LogP contribution is 2.34. The molecule has 3 aromatic rings. The van der Waals surface area contributed by atoms with Gasteiger partial charge in [-0.15, -0.1) is 11.3 Å². The van der Waals surface area contributed by atoms with Crippen LogP contribution in [-0.4, -0.2) is 0 Å². The first-order valence-electron chi connectivity index (χ1n) is 8.52. The Morgan fingerprint density at radius 3 is 2.20 bits per heavy atom. The lowest BCUT2D eigenvalue weighted by Gasteiger charge is -2.08. The van der Waals surface area contributed by atoms with Crippen molar-refractivity contribution in [2.75, 3.05) is 5.73 Å².